The van der Waals surface area contributed by atoms with E-state index in [1.54, 1.807) is 23.5 Å². The molecule has 0 radical (unpaired) electrons. The molecule has 0 aliphatic heterocycles. The van der Waals surface area contributed by atoms with Crippen LogP contribution in [0.1, 0.15) is 22.9 Å². The average Bonchev–Trinajstić information content (AvgIpc) is 3.04. The van der Waals surface area contributed by atoms with Gasteiger partial charge in [-0.2, -0.15) is 8.78 Å². The maximum Gasteiger partial charge on any atom is 0.387 e. The maximum absolute atomic E-state index is 12.5. The zero-order valence-electron chi connectivity index (χ0n) is 15.7. The molecule has 0 atom stereocenters. The lowest BCUT2D eigenvalue weighted by Crippen LogP contribution is -2.38. The summed E-state index contributed by atoms with van der Waals surface area (Å²) in [6, 6.07) is 7.12. The molecule has 1 aromatic heterocycles. The number of aryl methyl sites for hydroxylation is 1. The minimum atomic E-state index is -2.89. The average molecular weight is 397 g/mol. The van der Waals surface area contributed by atoms with Crippen LogP contribution in [0.4, 0.5) is 8.78 Å². The molecule has 5 nitrogen and oxygen atoms in total. The molecule has 0 aliphatic carbocycles. The Morgan fingerprint density at radius 2 is 2.04 bits per heavy atom. The van der Waals surface area contributed by atoms with E-state index in [9.17, 15) is 8.78 Å². The summed E-state index contributed by atoms with van der Waals surface area (Å²) in [6.07, 6.45) is 0.631. The number of ether oxygens (including phenoxy) is 2. The van der Waals surface area contributed by atoms with Crippen LogP contribution >= 0.6 is 11.3 Å². The number of nitrogens with zero attached hydrogens (tertiary/aromatic N) is 1. The fourth-order valence-electron chi connectivity index (χ4n) is 2.45. The number of benzene rings is 1. The number of methoxy groups -OCH3 is 1. The van der Waals surface area contributed by atoms with Gasteiger partial charge in [-0.05, 0) is 55.0 Å². The highest BCUT2D eigenvalue weighted by atomic mass is 32.1. The summed E-state index contributed by atoms with van der Waals surface area (Å²) in [5.41, 5.74) is 2.10. The molecule has 27 heavy (non-hydrogen) atoms. The Labute approximate surface area is 162 Å². The van der Waals surface area contributed by atoms with Gasteiger partial charge in [0.25, 0.3) is 0 Å². The van der Waals surface area contributed by atoms with E-state index in [4.69, 9.17) is 4.74 Å². The Hall–Kier alpha value is -2.35. The Kier molecular flexibility index (Phi) is 8.32. The van der Waals surface area contributed by atoms with E-state index in [1.165, 1.54) is 17.6 Å². The van der Waals surface area contributed by atoms with Crippen LogP contribution in [0.3, 0.4) is 0 Å². The van der Waals surface area contributed by atoms with E-state index in [-0.39, 0.29) is 11.5 Å². The van der Waals surface area contributed by atoms with Gasteiger partial charge in [0.2, 0.25) is 0 Å². The lowest BCUT2D eigenvalue weighted by Gasteiger charge is -2.13. The van der Waals surface area contributed by atoms with Gasteiger partial charge in [0.05, 0.1) is 13.7 Å². The summed E-state index contributed by atoms with van der Waals surface area (Å²) in [7, 11) is 1.42. The van der Waals surface area contributed by atoms with Crippen LogP contribution in [0.15, 0.2) is 34.6 Å². The van der Waals surface area contributed by atoms with E-state index < -0.39 is 6.61 Å². The number of halogens is 2. The molecule has 0 aliphatic rings. The molecule has 0 unspecified atom stereocenters. The van der Waals surface area contributed by atoms with E-state index in [0.717, 1.165) is 18.1 Å². The molecule has 2 aromatic rings. The van der Waals surface area contributed by atoms with Crippen molar-refractivity contribution >= 4 is 17.3 Å². The van der Waals surface area contributed by atoms with Crippen molar-refractivity contribution in [3.63, 3.8) is 0 Å². The summed E-state index contributed by atoms with van der Waals surface area (Å²) in [5, 5.41) is 8.53. The van der Waals surface area contributed by atoms with Gasteiger partial charge in [0, 0.05) is 18.0 Å². The summed E-state index contributed by atoms with van der Waals surface area (Å²) in [4.78, 5) is 5.83. The topological polar surface area (TPSA) is 54.9 Å². The number of hydrogen-bond donors (Lipinski definition) is 2. The standard InChI is InChI=1S/C19H25F2N3O2S/c1-4-22-19(24-12-17-13(2)8-10-27-17)23-9-7-14-5-6-15(25-3)16(11-14)26-18(20)21/h5-6,8,10-11,18H,4,7,9,12H2,1-3H3,(H2,22,23,24). The molecular formula is C19H25F2N3O2S. The van der Waals surface area contributed by atoms with Crippen LogP contribution in [-0.4, -0.2) is 32.8 Å². The number of thiophene rings is 1. The lowest BCUT2D eigenvalue weighted by atomic mass is 10.1. The third-order valence-corrected chi connectivity index (χ3v) is 4.85. The Balaban J connectivity index is 1.94. The van der Waals surface area contributed by atoms with Gasteiger partial charge in [-0.1, -0.05) is 6.07 Å². The van der Waals surface area contributed by atoms with Gasteiger partial charge in [-0.25, -0.2) is 4.99 Å². The molecule has 2 rings (SSSR count). The van der Waals surface area contributed by atoms with E-state index >= 15 is 0 Å². The van der Waals surface area contributed by atoms with Crippen molar-refractivity contribution in [3.8, 4) is 11.5 Å². The molecule has 0 bridgehead atoms. The van der Waals surface area contributed by atoms with Crippen LogP contribution in [0.5, 0.6) is 11.5 Å². The zero-order valence-corrected chi connectivity index (χ0v) is 16.5. The first-order valence-electron chi connectivity index (χ1n) is 8.70. The van der Waals surface area contributed by atoms with Gasteiger partial charge in [0.15, 0.2) is 17.5 Å². The first-order chi connectivity index (χ1) is 13.0. The van der Waals surface area contributed by atoms with Crippen LogP contribution in [0.25, 0.3) is 0 Å². The molecule has 0 saturated heterocycles. The Morgan fingerprint density at radius 3 is 2.67 bits per heavy atom. The number of guanidine groups is 1. The highest BCUT2D eigenvalue weighted by Crippen LogP contribution is 2.29. The highest BCUT2D eigenvalue weighted by Gasteiger charge is 2.11. The van der Waals surface area contributed by atoms with Gasteiger partial charge in [-0.15, -0.1) is 11.3 Å². The largest absolute Gasteiger partial charge is 0.493 e. The number of nitrogens with one attached hydrogen (secondary N) is 2. The second-order valence-electron chi connectivity index (χ2n) is 5.76. The predicted octanol–water partition coefficient (Wildman–Crippen LogP) is 3.96. The third kappa shape index (κ3) is 6.71. The normalized spacial score (nSPS) is 11.6. The smallest absolute Gasteiger partial charge is 0.387 e. The second kappa shape index (κ2) is 10.7. The number of alkyl halides is 2. The van der Waals surface area contributed by atoms with Crippen molar-refractivity contribution in [2.75, 3.05) is 20.2 Å². The molecule has 1 heterocycles. The maximum atomic E-state index is 12.5. The van der Waals surface area contributed by atoms with Crippen molar-refractivity contribution in [1.82, 2.24) is 10.6 Å². The molecule has 148 valence electrons. The van der Waals surface area contributed by atoms with Crippen LogP contribution in [0, 0.1) is 6.92 Å². The van der Waals surface area contributed by atoms with E-state index in [2.05, 4.69) is 38.7 Å². The Morgan fingerprint density at radius 1 is 1.22 bits per heavy atom. The van der Waals surface area contributed by atoms with Crippen molar-refractivity contribution < 1.29 is 18.3 Å². The second-order valence-corrected chi connectivity index (χ2v) is 6.76. The SMILES string of the molecule is CCNC(=NCc1sccc1C)NCCc1ccc(OC)c(OC(F)F)c1. The Bertz CT molecular complexity index is 750. The minimum absolute atomic E-state index is 0.0405. The van der Waals surface area contributed by atoms with Crippen molar-refractivity contribution in [3.05, 3.63) is 45.6 Å². The van der Waals surface area contributed by atoms with E-state index in [0.29, 0.717) is 19.5 Å². The van der Waals surface area contributed by atoms with Crippen molar-refractivity contribution in [1.29, 1.82) is 0 Å². The zero-order chi connectivity index (χ0) is 19.6. The first-order valence-corrected chi connectivity index (χ1v) is 9.58. The molecule has 0 amide bonds. The monoisotopic (exact) mass is 397 g/mol. The van der Waals surface area contributed by atoms with Crippen LogP contribution in [-0.2, 0) is 13.0 Å². The quantitative estimate of drug-likeness (QED) is 0.497. The van der Waals surface area contributed by atoms with Crippen LogP contribution in [0.2, 0.25) is 0 Å². The van der Waals surface area contributed by atoms with Gasteiger partial charge < -0.3 is 20.1 Å². The van der Waals surface area contributed by atoms with Crippen molar-refractivity contribution in [2.45, 2.75) is 33.4 Å². The molecule has 1 aromatic carbocycles. The highest BCUT2D eigenvalue weighted by molar-refractivity contribution is 7.10. The molecule has 8 heteroatoms. The molecule has 0 spiro atoms. The number of aliphatic imine (C=N–C) groups is 1. The number of rotatable bonds is 9. The summed E-state index contributed by atoms with van der Waals surface area (Å²) in [5.74, 6) is 1.05. The first kappa shape index (κ1) is 21.0. The summed E-state index contributed by atoms with van der Waals surface area (Å²) in [6.45, 7) is 3.17. The fourth-order valence-corrected chi connectivity index (χ4v) is 3.28. The predicted molar refractivity (Wildman–Crippen MR) is 105 cm³/mol. The summed E-state index contributed by atoms with van der Waals surface area (Å²) < 4.78 is 34.6. The fraction of sp³-hybridized carbons (Fsp3) is 0.421. The van der Waals surface area contributed by atoms with Gasteiger partial charge >= 0.3 is 6.61 Å². The number of hydrogen-bond acceptors (Lipinski definition) is 4. The van der Waals surface area contributed by atoms with Crippen molar-refractivity contribution in [2.24, 2.45) is 4.99 Å². The molecule has 2 N–H and O–H groups in total. The third-order valence-electron chi connectivity index (χ3n) is 3.84. The molecule has 0 fully saturated rings. The van der Waals surface area contributed by atoms with Crippen LogP contribution < -0.4 is 20.1 Å². The van der Waals surface area contributed by atoms with Gasteiger partial charge in [-0.3, -0.25) is 0 Å². The van der Waals surface area contributed by atoms with E-state index in [1.807, 2.05) is 13.0 Å². The summed E-state index contributed by atoms with van der Waals surface area (Å²) >= 11 is 1.69. The van der Waals surface area contributed by atoms with Gasteiger partial charge in [0.1, 0.15) is 0 Å². The molecular weight excluding hydrogens is 372 g/mol. The lowest BCUT2D eigenvalue weighted by molar-refractivity contribution is -0.0512. The minimum Gasteiger partial charge on any atom is -0.493 e. The molecule has 0 saturated carbocycles.